The fourth-order valence-corrected chi connectivity index (χ4v) is 0.768. The molecule has 0 aliphatic rings. The van der Waals surface area contributed by atoms with Gasteiger partial charge in [0.05, 0.1) is 17.1 Å². The molecule has 1 rings (SSSR count). The summed E-state index contributed by atoms with van der Waals surface area (Å²) in [6.07, 6.45) is 3.24. The Morgan fingerprint density at radius 3 is 3.09 bits per heavy atom. The minimum atomic E-state index is 0.339. The zero-order valence-electron chi connectivity index (χ0n) is 5.84. The van der Waals surface area contributed by atoms with E-state index in [9.17, 15) is 0 Å². The number of hydrogen-bond donors (Lipinski definition) is 1. The van der Waals surface area contributed by atoms with Crippen molar-refractivity contribution >= 4 is 11.6 Å². The first-order chi connectivity index (χ1) is 5.34. The van der Waals surface area contributed by atoms with Crippen molar-refractivity contribution in [2.24, 2.45) is 5.73 Å². The number of nitrogens with zero attached hydrogens (tertiary/aromatic N) is 1. The molecule has 0 bridgehead atoms. The molecule has 2 N–H and O–H groups in total. The molecule has 3 heteroatoms. The van der Waals surface area contributed by atoms with Crippen LogP contribution >= 0.6 is 11.6 Å². The number of nitrogens with two attached hydrogens (primary N) is 1. The highest BCUT2D eigenvalue weighted by atomic mass is 35.5. The highest BCUT2D eigenvalue weighted by molar-refractivity contribution is 6.31. The lowest BCUT2D eigenvalue weighted by molar-refractivity contribution is 1.29. The molecule has 0 aromatic carbocycles. The van der Waals surface area contributed by atoms with Crippen LogP contribution in [0.3, 0.4) is 0 Å². The Labute approximate surface area is 70.4 Å². The van der Waals surface area contributed by atoms with Gasteiger partial charge in [0.1, 0.15) is 0 Å². The second-order valence-electron chi connectivity index (χ2n) is 1.86. The second kappa shape index (κ2) is 3.97. The summed E-state index contributed by atoms with van der Waals surface area (Å²) in [7, 11) is 0. The van der Waals surface area contributed by atoms with Crippen LogP contribution in [0.25, 0.3) is 0 Å². The van der Waals surface area contributed by atoms with Gasteiger partial charge in [-0.2, -0.15) is 0 Å². The van der Waals surface area contributed by atoms with Gasteiger partial charge in [-0.3, -0.25) is 4.98 Å². The molecule has 1 aromatic heterocycles. The fraction of sp³-hybridized carbons (Fsp3) is 0.125. The molecule has 1 aromatic rings. The zero-order chi connectivity index (χ0) is 8.10. The SMILES string of the molecule is NCC#Cc1cnccc1Cl. The number of aromatic nitrogens is 1. The summed E-state index contributed by atoms with van der Waals surface area (Å²) in [5.74, 6) is 5.50. The zero-order valence-corrected chi connectivity index (χ0v) is 6.60. The van der Waals surface area contributed by atoms with Crippen LogP contribution in [0.5, 0.6) is 0 Å². The smallest absolute Gasteiger partial charge is 0.0615 e. The highest BCUT2D eigenvalue weighted by Gasteiger charge is 1.92. The first kappa shape index (κ1) is 8.06. The van der Waals surface area contributed by atoms with E-state index in [4.69, 9.17) is 17.3 Å². The van der Waals surface area contributed by atoms with Crippen LogP contribution in [0, 0.1) is 11.8 Å². The van der Waals surface area contributed by atoms with Crippen LogP contribution in [-0.4, -0.2) is 11.5 Å². The predicted molar refractivity (Wildman–Crippen MR) is 45.2 cm³/mol. The van der Waals surface area contributed by atoms with Crippen molar-refractivity contribution in [3.63, 3.8) is 0 Å². The van der Waals surface area contributed by atoms with Crippen LogP contribution in [0.1, 0.15) is 5.56 Å². The van der Waals surface area contributed by atoms with Crippen LogP contribution < -0.4 is 5.73 Å². The minimum absolute atomic E-state index is 0.339. The maximum Gasteiger partial charge on any atom is 0.0615 e. The molecule has 0 aliphatic carbocycles. The molecule has 1 heterocycles. The van der Waals surface area contributed by atoms with Gasteiger partial charge in [-0.1, -0.05) is 23.4 Å². The molecular weight excluding hydrogens is 160 g/mol. The summed E-state index contributed by atoms with van der Waals surface area (Å²) in [6, 6.07) is 1.70. The Balaban J connectivity index is 2.95. The van der Waals surface area contributed by atoms with Gasteiger partial charge in [0.25, 0.3) is 0 Å². The standard InChI is InChI=1S/C8H7ClN2/c9-8-3-5-11-6-7(8)2-1-4-10/h3,5-6H,4,10H2. The van der Waals surface area contributed by atoms with E-state index < -0.39 is 0 Å². The molecular formula is C8H7ClN2. The lowest BCUT2D eigenvalue weighted by atomic mass is 10.3. The van der Waals surface area contributed by atoms with Crippen molar-refractivity contribution in [2.75, 3.05) is 6.54 Å². The molecule has 2 nitrogen and oxygen atoms in total. The average Bonchev–Trinajstić information content (AvgIpc) is 2.03. The van der Waals surface area contributed by atoms with Crippen LogP contribution in [0.4, 0.5) is 0 Å². The van der Waals surface area contributed by atoms with E-state index in [1.54, 1.807) is 18.5 Å². The summed E-state index contributed by atoms with van der Waals surface area (Å²) in [6.45, 7) is 0.339. The van der Waals surface area contributed by atoms with Gasteiger partial charge in [-0.25, -0.2) is 0 Å². The molecule has 0 saturated heterocycles. The molecule has 0 radical (unpaired) electrons. The van der Waals surface area contributed by atoms with E-state index in [2.05, 4.69) is 16.8 Å². The van der Waals surface area contributed by atoms with E-state index in [0.29, 0.717) is 11.6 Å². The van der Waals surface area contributed by atoms with Crippen molar-refractivity contribution in [3.05, 3.63) is 29.0 Å². The van der Waals surface area contributed by atoms with Gasteiger partial charge >= 0.3 is 0 Å². The third kappa shape index (κ3) is 2.23. The maximum absolute atomic E-state index is 5.78. The number of halogens is 1. The van der Waals surface area contributed by atoms with E-state index in [1.807, 2.05) is 0 Å². The monoisotopic (exact) mass is 166 g/mol. The average molecular weight is 167 g/mol. The number of hydrogen-bond acceptors (Lipinski definition) is 2. The van der Waals surface area contributed by atoms with Crippen LogP contribution in [0.15, 0.2) is 18.5 Å². The third-order valence-electron chi connectivity index (χ3n) is 1.09. The summed E-state index contributed by atoms with van der Waals surface area (Å²) < 4.78 is 0. The van der Waals surface area contributed by atoms with Crippen molar-refractivity contribution in [3.8, 4) is 11.8 Å². The number of pyridine rings is 1. The molecule has 0 fully saturated rings. The topological polar surface area (TPSA) is 38.9 Å². The maximum atomic E-state index is 5.78. The Bertz CT molecular complexity index is 298. The van der Waals surface area contributed by atoms with Gasteiger partial charge in [0.15, 0.2) is 0 Å². The first-order valence-corrected chi connectivity index (χ1v) is 3.51. The van der Waals surface area contributed by atoms with Gasteiger partial charge < -0.3 is 5.73 Å². The summed E-state index contributed by atoms with van der Waals surface area (Å²) >= 11 is 5.78. The van der Waals surface area contributed by atoms with E-state index in [-0.39, 0.29) is 0 Å². The lowest BCUT2D eigenvalue weighted by Gasteiger charge is -1.90. The highest BCUT2D eigenvalue weighted by Crippen LogP contribution is 2.11. The van der Waals surface area contributed by atoms with Crippen molar-refractivity contribution in [2.45, 2.75) is 0 Å². The first-order valence-electron chi connectivity index (χ1n) is 3.13. The molecule has 56 valence electrons. The quantitative estimate of drug-likeness (QED) is 0.585. The van der Waals surface area contributed by atoms with Crippen molar-refractivity contribution in [1.29, 1.82) is 0 Å². The Kier molecular flexibility index (Phi) is 2.91. The van der Waals surface area contributed by atoms with Gasteiger partial charge in [-0.05, 0) is 6.07 Å². The van der Waals surface area contributed by atoms with Crippen LogP contribution in [0.2, 0.25) is 5.02 Å². The largest absolute Gasteiger partial charge is 0.320 e. The van der Waals surface area contributed by atoms with E-state index >= 15 is 0 Å². The van der Waals surface area contributed by atoms with Crippen molar-refractivity contribution < 1.29 is 0 Å². The predicted octanol–water partition coefficient (Wildman–Crippen LogP) is 1.05. The van der Waals surface area contributed by atoms with Crippen LogP contribution in [-0.2, 0) is 0 Å². The van der Waals surface area contributed by atoms with Gasteiger partial charge in [-0.15, -0.1) is 0 Å². The van der Waals surface area contributed by atoms with Crippen molar-refractivity contribution in [1.82, 2.24) is 4.98 Å². The Morgan fingerprint density at radius 2 is 2.45 bits per heavy atom. The molecule has 0 saturated carbocycles. The van der Waals surface area contributed by atoms with Gasteiger partial charge in [0, 0.05) is 12.4 Å². The second-order valence-corrected chi connectivity index (χ2v) is 2.27. The normalized spacial score (nSPS) is 8.55. The molecule has 0 unspecified atom stereocenters. The van der Waals surface area contributed by atoms with E-state index in [0.717, 1.165) is 5.56 Å². The lowest BCUT2D eigenvalue weighted by Crippen LogP contribution is -1.93. The summed E-state index contributed by atoms with van der Waals surface area (Å²) in [5.41, 5.74) is 5.91. The Morgan fingerprint density at radius 1 is 1.64 bits per heavy atom. The molecule has 0 amide bonds. The molecule has 0 spiro atoms. The van der Waals surface area contributed by atoms with Gasteiger partial charge in [0.2, 0.25) is 0 Å². The van der Waals surface area contributed by atoms with E-state index in [1.165, 1.54) is 0 Å². The molecule has 11 heavy (non-hydrogen) atoms. The summed E-state index contributed by atoms with van der Waals surface area (Å²) in [5, 5.41) is 0.612. The fourth-order valence-electron chi connectivity index (χ4n) is 0.616. The summed E-state index contributed by atoms with van der Waals surface area (Å²) in [4.78, 5) is 3.87. The minimum Gasteiger partial charge on any atom is -0.320 e. The number of rotatable bonds is 0. The molecule has 0 aliphatic heterocycles. The third-order valence-corrected chi connectivity index (χ3v) is 1.42. The molecule has 0 atom stereocenters. The Hall–Kier alpha value is -1.04.